The van der Waals surface area contributed by atoms with Gasteiger partial charge in [0.15, 0.2) is 0 Å². The molecule has 0 aliphatic carbocycles. The van der Waals surface area contributed by atoms with Crippen LogP contribution in [0.1, 0.15) is 11.1 Å². The molecule has 0 aromatic heterocycles. The van der Waals surface area contributed by atoms with E-state index in [0.717, 1.165) is 11.6 Å². The van der Waals surface area contributed by atoms with Crippen molar-refractivity contribution in [1.82, 2.24) is 0 Å². The lowest BCUT2D eigenvalue weighted by Gasteiger charge is -2.13. The van der Waals surface area contributed by atoms with Gasteiger partial charge in [0, 0.05) is 12.1 Å². The average molecular weight is 440 g/mol. The third-order valence-corrected chi connectivity index (χ3v) is 4.97. The fourth-order valence-electron chi connectivity index (χ4n) is 2.59. The molecule has 11 heteroatoms. The highest BCUT2D eigenvalue weighted by Gasteiger charge is 2.18. The maximum Gasteiger partial charge on any atom is 0.294 e. The molecule has 2 aromatic carbocycles. The molecule has 3 N–H and O–H groups in total. The molecule has 2 rings (SSSR count). The van der Waals surface area contributed by atoms with Crippen molar-refractivity contribution in [2.45, 2.75) is 18.7 Å². The minimum atomic E-state index is -4.42. The second-order valence-electron chi connectivity index (χ2n) is 6.19. The van der Waals surface area contributed by atoms with Crippen LogP contribution in [-0.4, -0.2) is 56.7 Å². The van der Waals surface area contributed by atoms with Gasteiger partial charge in [-0.3, -0.25) is 4.55 Å². The van der Waals surface area contributed by atoms with E-state index >= 15 is 0 Å². The maximum absolute atomic E-state index is 11.5. The molecule has 164 valence electrons. The SMILES string of the molecule is COc1cc(S(=O)(=O)O)c(C)cc1N=Nc1cc(OCCO)c(C)cc1OCCO. The van der Waals surface area contributed by atoms with Gasteiger partial charge in [0.05, 0.1) is 20.3 Å². The Morgan fingerprint density at radius 3 is 1.93 bits per heavy atom. The highest BCUT2D eigenvalue weighted by atomic mass is 32.2. The minimum absolute atomic E-state index is 0.0459. The number of aliphatic hydroxyl groups excluding tert-OH is 2. The number of hydrogen-bond acceptors (Lipinski definition) is 9. The monoisotopic (exact) mass is 440 g/mol. The number of aryl methyl sites for hydroxylation is 2. The van der Waals surface area contributed by atoms with E-state index in [-0.39, 0.29) is 48.3 Å². The van der Waals surface area contributed by atoms with Crippen LogP contribution < -0.4 is 14.2 Å². The summed E-state index contributed by atoms with van der Waals surface area (Å²) in [5.74, 6) is 0.921. The zero-order valence-electron chi connectivity index (χ0n) is 16.8. The van der Waals surface area contributed by atoms with Gasteiger partial charge in [0.2, 0.25) is 0 Å². The number of aliphatic hydroxyl groups is 2. The van der Waals surface area contributed by atoms with E-state index in [2.05, 4.69) is 10.2 Å². The summed E-state index contributed by atoms with van der Waals surface area (Å²) in [6, 6.07) is 5.82. The van der Waals surface area contributed by atoms with Crippen LogP contribution >= 0.6 is 0 Å². The molecule has 2 aromatic rings. The molecule has 0 amide bonds. The van der Waals surface area contributed by atoms with E-state index in [1.54, 1.807) is 19.1 Å². The molecule has 0 radical (unpaired) electrons. The van der Waals surface area contributed by atoms with Crippen LogP contribution in [0.15, 0.2) is 39.4 Å². The first-order chi connectivity index (χ1) is 14.2. The Kier molecular flexibility index (Phi) is 8.12. The quantitative estimate of drug-likeness (QED) is 0.377. The number of methoxy groups -OCH3 is 1. The molecule has 10 nitrogen and oxygen atoms in total. The lowest BCUT2D eigenvalue weighted by Crippen LogP contribution is -2.05. The summed E-state index contributed by atoms with van der Waals surface area (Å²) in [5.41, 5.74) is 1.52. The van der Waals surface area contributed by atoms with Crippen LogP contribution in [-0.2, 0) is 10.1 Å². The lowest BCUT2D eigenvalue weighted by molar-refractivity contribution is 0.197. The Morgan fingerprint density at radius 1 is 0.833 bits per heavy atom. The number of nitrogens with zero attached hydrogens (tertiary/aromatic N) is 2. The van der Waals surface area contributed by atoms with Crippen molar-refractivity contribution in [2.75, 3.05) is 33.5 Å². The normalized spacial score (nSPS) is 11.7. The van der Waals surface area contributed by atoms with Crippen LogP contribution in [0.3, 0.4) is 0 Å². The van der Waals surface area contributed by atoms with Gasteiger partial charge in [0.25, 0.3) is 10.1 Å². The van der Waals surface area contributed by atoms with Gasteiger partial charge >= 0.3 is 0 Å². The fraction of sp³-hybridized carbons (Fsp3) is 0.368. The predicted molar refractivity (Wildman–Crippen MR) is 108 cm³/mol. The molecule has 0 heterocycles. The molecule has 0 bridgehead atoms. The predicted octanol–water partition coefficient (Wildman–Crippen LogP) is 2.72. The van der Waals surface area contributed by atoms with Gasteiger partial charge < -0.3 is 24.4 Å². The first-order valence-electron chi connectivity index (χ1n) is 8.91. The van der Waals surface area contributed by atoms with Crippen molar-refractivity contribution in [3.8, 4) is 17.2 Å². The van der Waals surface area contributed by atoms with Crippen LogP contribution in [0, 0.1) is 13.8 Å². The highest BCUT2D eigenvalue weighted by molar-refractivity contribution is 7.85. The Balaban J connectivity index is 2.50. The first kappa shape index (κ1) is 23.5. The minimum Gasteiger partial charge on any atom is -0.494 e. The maximum atomic E-state index is 11.5. The number of ether oxygens (including phenoxy) is 3. The summed E-state index contributed by atoms with van der Waals surface area (Å²) in [5, 5.41) is 26.3. The van der Waals surface area contributed by atoms with E-state index in [4.69, 9.17) is 24.4 Å². The van der Waals surface area contributed by atoms with Crippen LogP contribution in [0.5, 0.6) is 17.2 Å². The molecule has 0 saturated heterocycles. The Hall–Kier alpha value is -2.73. The van der Waals surface area contributed by atoms with Crippen LogP contribution in [0.4, 0.5) is 11.4 Å². The van der Waals surface area contributed by atoms with Crippen LogP contribution in [0.2, 0.25) is 0 Å². The van der Waals surface area contributed by atoms with Gasteiger partial charge in [-0.25, -0.2) is 0 Å². The Morgan fingerprint density at radius 2 is 1.40 bits per heavy atom. The Labute approximate surface area is 174 Å². The third-order valence-electron chi connectivity index (χ3n) is 3.97. The summed E-state index contributed by atoms with van der Waals surface area (Å²) in [4.78, 5) is -0.291. The van der Waals surface area contributed by atoms with Gasteiger partial charge in [-0.1, -0.05) is 0 Å². The average Bonchev–Trinajstić information content (AvgIpc) is 2.69. The first-order valence-corrected chi connectivity index (χ1v) is 10.3. The van der Waals surface area contributed by atoms with Crippen molar-refractivity contribution in [2.24, 2.45) is 10.2 Å². The molecule has 0 fully saturated rings. The second-order valence-corrected chi connectivity index (χ2v) is 7.58. The van der Waals surface area contributed by atoms with Gasteiger partial charge in [-0.15, -0.1) is 10.2 Å². The summed E-state index contributed by atoms with van der Waals surface area (Å²) < 4.78 is 48.5. The molecule has 0 saturated carbocycles. The summed E-state index contributed by atoms with van der Waals surface area (Å²) in [7, 11) is -3.09. The fourth-order valence-corrected chi connectivity index (χ4v) is 3.31. The number of azo groups is 1. The number of hydrogen-bond donors (Lipinski definition) is 3. The van der Waals surface area contributed by atoms with Crippen molar-refractivity contribution in [1.29, 1.82) is 0 Å². The molecule has 0 atom stereocenters. The largest absolute Gasteiger partial charge is 0.494 e. The number of rotatable bonds is 10. The van der Waals surface area contributed by atoms with E-state index in [1.165, 1.54) is 20.1 Å². The van der Waals surface area contributed by atoms with E-state index in [0.29, 0.717) is 17.2 Å². The highest BCUT2D eigenvalue weighted by Crippen LogP contribution is 2.38. The lowest BCUT2D eigenvalue weighted by atomic mass is 10.2. The second kappa shape index (κ2) is 10.3. The smallest absolute Gasteiger partial charge is 0.294 e. The van der Waals surface area contributed by atoms with Gasteiger partial charge in [-0.05, 0) is 37.1 Å². The van der Waals surface area contributed by atoms with Crippen molar-refractivity contribution in [3.63, 3.8) is 0 Å². The summed E-state index contributed by atoms with van der Waals surface area (Å²) in [6.45, 7) is 3.09. The molecule has 0 unspecified atom stereocenters. The Bertz CT molecular complexity index is 1020. The molecule has 0 spiro atoms. The van der Waals surface area contributed by atoms with Crippen molar-refractivity contribution in [3.05, 3.63) is 35.4 Å². The topological polar surface area (TPSA) is 147 Å². The molecule has 30 heavy (non-hydrogen) atoms. The van der Waals surface area contributed by atoms with Crippen molar-refractivity contribution >= 4 is 21.5 Å². The molecule has 0 aliphatic heterocycles. The van der Waals surface area contributed by atoms with Crippen LogP contribution in [0.25, 0.3) is 0 Å². The zero-order valence-corrected chi connectivity index (χ0v) is 17.6. The van der Waals surface area contributed by atoms with Crippen molar-refractivity contribution < 1.29 is 37.4 Å². The summed E-state index contributed by atoms with van der Waals surface area (Å²) in [6.07, 6.45) is 0. The summed E-state index contributed by atoms with van der Waals surface area (Å²) >= 11 is 0. The van der Waals surface area contributed by atoms with Gasteiger partial charge in [0.1, 0.15) is 46.7 Å². The van der Waals surface area contributed by atoms with E-state index < -0.39 is 10.1 Å². The molecular formula is C19H24N2O8S. The zero-order chi connectivity index (χ0) is 22.3. The van der Waals surface area contributed by atoms with Gasteiger partial charge in [-0.2, -0.15) is 8.42 Å². The standard InChI is InChI=1S/C19H24N2O8S/c1-12-9-18(29-7-5-23)15(10-16(12)28-6-4-22)21-20-14-8-13(2)19(30(24,25)26)11-17(14)27-3/h8-11,22-23H,4-7H2,1-3H3,(H,24,25,26). The molecular weight excluding hydrogens is 416 g/mol. The van der Waals surface area contributed by atoms with E-state index in [9.17, 15) is 13.0 Å². The third kappa shape index (κ3) is 5.89. The van der Waals surface area contributed by atoms with E-state index in [1.807, 2.05) is 0 Å². The number of benzene rings is 2. The molecule has 0 aliphatic rings.